The Balaban J connectivity index is 1.62. The monoisotopic (exact) mass is 383 g/mol. The lowest BCUT2D eigenvalue weighted by atomic mass is 10.1. The summed E-state index contributed by atoms with van der Waals surface area (Å²) < 4.78 is 10.6. The zero-order chi connectivity index (χ0) is 19.2. The lowest BCUT2D eigenvalue weighted by molar-refractivity contribution is -0.123. The maximum Gasteiger partial charge on any atom is 0.277 e. The third kappa shape index (κ3) is 4.54. The molecule has 138 valence electrons. The number of fused-ring (bicyclic) bond motifs is 1. The van der Waals surface area contributed by atoms with E-state index in [1.807, 2.05) is 37.3 Å². The summed E-state index contributed by atoms with van der Waals surface area (Å²) in [4.78, 5) is 16.3. The Morgan fingerprint density at radius 1 is 1.22 bits per heavy atom. The van der Waals surface area contributed by atoms with Gasteiger partial charge in [-0.05, 0) is 30.7 Å². The predicted molar refractivity (Wildman–Crippen MR) is 106 cm³/mol. The number of para-hydroxylation sites is 3. The molecule has 0 bridgehead atoms. The highest BCUT2D eigenvalue weighted by Gasteiger charge is 2.07. The maximum atomic E-state index is 11.9. The number of nitrogens with one attached hydrogen (secondary N) is 1. The van der Waals surface area contributed by atoms with Crippen LogP contribution in [-0.2, 0) is 4.79 Å². The Kier molecular flexibility index (Phi) is 5.88. The summed E-state index contributed by atoms with van der Waals surface area (Å²) >= 11 is 6.21. The predicted octanol–water partition coefficient (Wildman–Crippen LogP) is 3.73. The number of pyridine rings is 1. The third-order valence-corrected chi connectivity index (χ3v) is 4.15. The van der Waals surface area contributed by atoms with E-state index in [9.17, 15) is 4.79 Å². The number of aryl methyl sites for hydroxylation is 1. The average molecular weight is 384 g/mol. The second-order valence-electron chi connectivity index (χ2n) is 5.75. The fourth-order valence-electron chi connectivity index (χ4n) is 2.52. The minimum absolute atomic E-state index is 0.194. The number of hydrogen-bond donors (Lipinski definition) is 1. The molecule has 1 N–H and O–H groups in total. The molecule has 3 rings (SSSR count). The topological polar surface area (TPSA) is 72.8 Å². The number of ether oxygens (including phenoxy) is 2. The van der Waals surface area contributed by atoms with Crippen molar-refractivity contribution in [3.8, 4) is 11.5 Å². The fourth-order valence-corrected chi connectivity index (χ4v) is 2.71. The first-order valence-electron chi connectivity index (χ1n) is 8.22. The van der Waals surface area contributed by atoms with Crippen molar-refractivity contribution in [1.29, 1.82) is 0 Å². The van der Waals surface area contributed by atoms with Crippen LogP contribution >= 0.6 is 11.6 Å². The van der Waals surface area contributed by atoms with Crippen molar-refractivity contribution in [1.82, 2.24) is 10.4 Å². The number of halogens is 1. The molecular formula is C20H18ClN3O3. The van der Waals surface area contributed by atoms with Gasteiger partial charge in [-0.3, -0.25) is 4.79 Å². The zero-order valence-electron chi connectivity index (χ0n) is 14.9. The van der Waals surface area contributed by atoms with Crippen LogP contribution in [0, 0.1) is 6.92 Å². The van der Waals surface area contributed by atoms with Gasteiger partial charge in [0.05, 0.1) is 18.8 Å². The number of methoxy groups -OCH3 is 1. The summed E-state index contributed by atoms with van der Waals surface area (Å²) in [6.45, 7) is 1.78. The van der Waals surface area contributed by atoms with Crippen molar-refractivity contribution in [2.75, 3.05) is 13.7 Å². The molecule has 6 nitrogen and oxygen atoms in total. The van der Waals surface area contributed by atoms with Gasteiger partial charge in [-0.25, -0.2) is 10.4 Å². The minimum atomic E-state index is -0.405. The summed E-state index contributed by atoms with van der Waals surface area (Å²) in [6.07, 6.45) is 1.46. The SMILES string of the molecule is COc1ccccc1OCC(=O)N/N=C/c1cc2cccc(C)c2nc1Cl. The van der Waals surface area contributed by atoms with Crippen molar-refractivity contribution < 1.29 is 14.3 Å². The highest BCUT2D eigenvalue weighted by Crippen LogP contribution is 2.25. The molecule has 0 saturated carbocycles. The van der Waals surface area contributed by atoms with E-state index in [1.165, 1.54) is 13.3 Å². The molecule has 0 aliphatic heterocycles. The lowest BCUT2D eigenvalue weighted by Gasteiger charge is -2.09. The first kappa shape index (κ1) is 18.7. The number of carbonyl (C=O) groups excluding carboxylic acids is 1. The molecule has 0 aliphatic rings. The molecule has 27 heavy (non-hydrogen) atoms. The van der Waals surface area contributed by atoms with E-state index >= 15 is 0 Å². The van der Waals surface area contributed by atoms with Gasteiger partial charge in [-0.2, -0.15) is 5.10 Å². The minimum Gasteiger partial charge on any atom is -0.493 e. The Hall–Kier alpha value is -3.12. The van der Waals surface area contributed by atoms with Crippen LogP contribution in [0.5, 0.6) is 11.5 Å². The molecular weight excluding hydrogens is 366 g/mol. The highest BCUT2D eigenvalue weighted by molar-refractivity contribution is 6.32. The Bertz CT molecular complexity index is 1000. The zero-order valence-corrected chi connectivity index (χ0v) is 15.7. The average Bonchev–Trinajstić information content (AvgIpc) is 2.68. The van der Waals surface area contributed by atoms with E-state index in [1.54, 1.807) is 18.2 Å². The molecule has 1 heterocycles. The van der Waals surface area contributed by atoms with Gasteiger partial charge in [0.15, 0.2) is 18.1 Å². The molecule has 0 radical (unpaired) electrons. The molecule has 0 spiro atoms. The smallest absolute Gasteiger partial charge is 0.277 e. The number of hydrogen-bond acceptors (Lipinski definition) is 5. The molecule has 0 atom stereocenters. The second-order valence-corrected chi connectivity index (χ2v) is 6.11. The number of amides is 1. The van der Waals surface area contributed by atoms with Gasteiger partial charge in [0.1, 0.15) is 5.15 Å². The molecule has 1 aromatic heterocycles. The van der Waals surface area contributed by atoms with Gasteiger partial charge in [0.25, 0.3) is 5.91 Å². The summed E-state index contributed by atoms with van der Waals surface area (Å²) in [5, 5.41) is 5.20. The maximum absolute atomic E-state index is 11.9. The summed E-state index contributed by atoms with van der Waals surface area (Å²) in [7, 11) is 1.54. The van der Waals surface area contributed by atoms with E-state index in [2.05, 4.69) is 15.5 Å². The number of hydrazone groups is 1. The van der Waals surface area contributed by atoms with Gasteiger partial charge in [-0.1, -0.05) is 41.9 Å². The molecule has 1 amide bonds. The lowest BCUT2D eigenvalue weighted by Crippen LogP contribution is -2.24. The molecule has 0 unspecified atom stereocenters. The van der Waals surface area contributed by atoms with Crippen LogP contribution in [-0.4, -0.2) is 30.8 Å². The van der Waals surface area contributed by atoms with Gasteiger partial charge >= 0.3 is 0 Å². The van der Waals surface area contributed by atoms with Crippen molar-refractivity contribution in [3.05, 3.63) is 64.8 Å². The Morgan fingerprint density at radius 3 is 2.78 bits per heavy atom. The number of carbonyl (C=O) groups is 1. The Labute approximate surface area is 161 Å². The molecule has 0 saturated heterocycles. The highest BCUT2D eigenvalue weighted by atomic mass is 35.5. The second kappa shape index (κ2) is 8.51. The first-order chi connectivity index (χ1) is 13.1. The van der Waals surface area contributed by atoms with Crippen molar-refractivity contribution >= 4 is 34.6 Å². The fraction of sp³-hybridized carbons (Fsp3) is 0.150. The Morgan fingerprint density at radius 2 is 2.00 bits per heavy atom. The van der Waals surface area contributed by atoms with Crippen LogP contribution in [0.15, 0.2) is 53.6 Å². The van der Waals surface area contributed by atoms with Crippen LogP contribution in [0.3, 0.4) is 0 Å². The summed E-state index contributed by atoms with van der Waals surface area (Å²) in [5.41, 5.74) is 4.90. The van der Waals surface area contributed by atoms with Crippen molar-refractivity contribution in [2.45, 2.75) is 6.92 Å². The van der Waals surface area contributed by atoms with Crippen LogP contribution in [0.25, 0.3) is 10.9 Å². The first-order valence-corrected chi connectivity index (χ1v) is 8.60. The third-order valence-electron chi connectivity index (χ3n) is 3.85. The summed E-state index contributed by atoms with van der Waals surface area (Å²) in [5.74, 6) is 0.632. The van der Waals surface area contributed by atoms with Crippen molar-refractivity contribution in [3.63, 3.8) is 0 Å². The van der Waals surface area contributed by atoms with Crippen molar-refractivity contribution in [2.24, 2.45) is 5.10 Å². The van der Waals surface area contributed by atoms with Crippen LogP contribution < -0.4 is 14.9 Å². The number of benzene rings is 2. The number of aromatic nitrogens is 1. The molecule has 0 fully saturated rings. The van der Waals surface area contributed by atoms with E-state index in [0.29, 0.717) is 22.2 Å². The number of nitrogens with zero attached hydrogens (tertiary/aromatic N) is 2. The number of rotatable bonds is 6. The molecule has 3 aromatic rings. The van der Waals surface area contributed by atoms with Gasteiger partial charge in [-0.15, -0.1) is 0 Å². The van der Waals surface area contributed by atoms with E-state index in [0.717, 1.165) is 16.5 Å². The quantitative estimate of drug-likeness (QED) is 0.400. The normalized spacial score (nSPS) is 10.9. The van der Waals surface area contributed by atoms with Gasteiger partial charge in [0, 0.05) is 10.9 Å². The van der Waals surface area contributed by atoms with Gasteiger partial charge < -0.3 is 9.47 Å². The van der Waals surface area contributed by atoms with E-state index in [-0.39, 0.29) is 6.61 Å². The van der Waals surface area contributed by atoms with Gasteiger partial charge in [0.2, 0.25) is 0 Å². The van der Waals surface area contributed by atoms with E-state index in [4.69, 9.17) is 21.1 Å². The molecule has 0 aliphatic carbocycles. The summed E-state index contributed by atoms with van der Waals surface area (Å²) in [6, 6.07) is 14.8. The largest absolute Gasteiger partial charge is 0.493 e. The molecule has 7 heteroatoms. The van der Waals surface area contributed by atoms with Crippen LogP contribution in [0.4, 0.5) is 0 Å². The van der Waals surface area contributed by atoms with Crippen LogP contribution in [0.1, 0.15) is 11.1 Å². The van der Waals surface area contributed by atoms with Crippen LogP contribution in [0.2, 0.25) is 5.15 Å². The van der Waals surface area contributed by atoms with E-state index < -0.39 is 5.91 Å². The molecule has 2 aromatic carbocycles. The standard InChI is InChI=1S/C20H18ClN3O3/c1-13-6-5-7-14-10-15(20(21)23-19(13)14)11-22-24-18(25)12-27-17-9-4-3-8-16(17)26-2/h3-11H,12H2,1-2H3,(H,24,25)/b22-11+.